The van der Waals surface area contributed by atoms with Crippen LogP contribution in [0.5, 0.6) is 0 Å². The second-order valence-electron chi connectivity index (χ2n) is 4.06. The van der Waals surface area contributed by atoms with E-state index >= 15 is 0 Å². The lowest BCUT2D eigenvalue weighted by molar-refractivity contribution is -0.142. The van der Waals surface area contributed by atoms with Crippen molar-refractivity contribution < 1.29 is 28.5 Å². The van der Waals surface area contributed by atoms with E-state index in [1.54, 1.807) is 13.8 Å². The number of hydrogen-bond acceptors (Lipinski definition) is 6. The first-order chi connectivity index (χ1) is 18.4. The van der Waals surface area contributed by atoms with Gasteiger partial charge in [-0.15, -0.1) is 118 Å². The summed E-state index contributed by atoms with van der Waals surface area (Å²) >= 11 is 0. The van der Waals surface area contributed by atoms with E-state index in [1.807, 2.05) is 0 Å². The normalized spacial score (nSPS) is 6.16. The minimum Gasteiger partial charge on any atom is -0.460 e. The summed E-state index contributed by atoms with van der Waals surface area (Å²) in [4.78, 5) is 22.0. The van der Waals surface area contributed by atoms with E-state index in [0.29, 0.717) is 37.6 Å². The molecule has 38 heavy (non-hydrogen) atoms. The Morgan fingerprint density at radius 3 is 0.711 bits per heavy atom. The van der Waals surface area contributed by atoms with Gasteiger partial charge >= 0.3 is 11.9 Å². The van der Waals surface area contributed by atoms with Gasteiger partial charge in [0.25, 0.3) is 0 Å². The van der Waals surface area contributed by atoms with Crippen LogP contribution in [0.1, 0.15) is 13.8 Å². The summed E-state index contributed by atoms with van der Waals surface area (Å²) in [6, 6.07) is 0. The van der Waals surface area contributed by atoms with Gasteiger partial charge in [-0.05, 0) is 13.8 Å². The predicted molar refractivity (Wildman–Crippen MR) is 174 cm³/mol. The first-order valence-electron chi connectivity index (χ1n) is 10.8. The minimum atomic E-state index is -0.427. The zero-order chi connectivity index (χ0) is 33.4. The molecule has 0 aliphatic heterocycles. The van der Waals surface area contributed by atoms with Crippen molar-refractivity contribution in [2.75, 3.05) is 39.6 Å². The molecule has 0 spiro atoms. The second-order valence-corrected chi connectivity index (χ2v) is 4.06. The van der Waals surface area contributed by atoms with Crippen LogP contribution in [0.3, 0.4) is 0 Å². The van der Waals surface area contributed by atoms with E-state index in [0.717, 1.165) is 0 Å². The molecule has 0 aromatic heterocycles. The fourth-order valence-electron chi connectivity index (χ4n) is 0.955. The van der Waals surface area contributed by atoms with Gasteiger partial charge in [0.05, 0.1) is 26.4 Å². The molecule has 0 aromatic rings. The Morgan fingerprint density at radius 1 is 0.395 bits per heavy atom. The molecule has 0 saturated heterocycles. The number of ether oxygens (including phenoxy) is 4. The van der Waals surface area contributed by atoms with Gasteiger partial charge in [0, 0.05) is 11.1 Å². The molecule has 222 valence electrons. The van der Waals surface area contributed by atoms with Crippen LogP contribution >= 0.6 is 0 Å². The van der Waals surface area contributed by atoms with Crippen molar-refractivity contribution in [2.45, 2.75) is 13.8 Å². The zero-order valence-corrected chi connectivity index (χ0v) is 24.8. The number of rotatable bonds is 11. The first kappa shape index (κ1) is 64.3. The molecule has 0 N–H and O–H groups in total. The molecule has 0 rings (SSSR count). The molecule has 0 amide bonds. The van der Waals surface area contributed by atoms with Crippen molar-refractivity contribution in [3.05, 3.63) is 143 Å². The maximum Gasteiger partial charge on any atom is 0.333 e. The summed E-state index contributed by atoms with van der Waals surface area (Å²) in [6.45, 7) is 65.8. The summed E-state index contributed by atoms with van der Waals surface area (Å²) in [7, 11) is 0. The smallest absolute Gasteiger partial charge is 0.333 e. The summed E-state index contributed by atoms with van der Waals surface area (Å²) < 4.78 is 20.0. The van der Waals surface area contributed by atoms with Gasteiger partial charge in [0.2, 0.25) is 0 Å². The molecule has 0 unspecified atom stereocenters. The third kappa shape index (κ3) is 106. The molecule has 0 atom stereocenters. The van der Waals surface area contributed by atoms with Crippen molar-refractivity contribution in [1.82, 2.24) is 0 Å². The Labute approximate surface area is 236 Å². The molecule has 0 aromatic carbocycles. The lowest BCUT2D eigenvalue weighted by Crippen LogP contribution is -2.15. The van der Waals surface area contributed by atoms with Crippen LogP contribution in [0.15, 0.2) is 143 Å². The monoisotopic (exact) mass is 538 g/mol. The molecular formula is C32H58O6. The Hall–Kier alpha value is -4.00. The number of esters is 2. The molecular weight excluding hydrogens is 480 g/mol. The average Bonchev–Trinajstić information content (AvgIpc) is 3.02. The van der Waals surface area contributed by atoms with E-state index in [2.05, 4.69) is 132 Å². The third-order valence-electron chi connectivity index (χ3n) is 1.99. The second kappa shape index (κ2) is 104. The van der Waals surface area contributed by atoms with Gasteiger partial charge in [-0.25, -0.2) is 9.59 Å². The van der Waals surface area contributed by atoms with E-state index in [9.17, 15) is 9.59 Å². The van der Waals surface area contributed by atoms with E-state index in [-0.39, 0.29) is 13.2 Å². The van der Waals surface area contributed by atoms with Crippen molar-refractivity contribution in [1.29, 1.82) is 0 Å². The van der Waals surface area contributed by atoms with Gasteiger partial charge < -0.3 is 18.9 Å². The Bertz CT molecular complexity index is 412. The number of carbonyl (C=O) groups is 2. The van der Waals surface area contributed by atoms with Crippen LogP contribution in [0.4, 0.5) is 0 Å². The molecule has 6 heteroatoms. The van der Waals surface area contributed by atoms with Crippen LogP contribution in [-0.2, 0) is 28.5 Å². The molecule has 0 saturated carbocycles. The number of carbonyl (C=O) groups excluding carboxylic acids is 2. The quantitative estimate of drug-likeness (QED) is 0.114. The highest BCUT2D eigenvalue weighted by Crippen LogP contribution is 1.92. The van der Waals surface area contributed by atoms with Gasteiger partial charge in [-0.1, -0.05) is 13.2 Å². The first-order valence-corrected chi connectivity index (χ1v) is 10.8. The van der Waals surface area contributed by atoms with Gasteiger partial charge in [0.1, 0.15) is 13.2 Å². The average molecular weight is 539 g/mol. The molecule has 0 bridgehead atoms. The van der Waals surface area contributed by atoms with Crippen molar-refractivity contribution in [2.24, 2.45) is 0 Å². The maximum atomic E-state index is 11.0. The summed E-state index contributed by atoms with van der Waals surface area (Å²) in [6.07, 6.45) is 0. The lowest BCUT2D eigenvalue weighted by Gasteiger charge is -2.07. The van der Waals surface area contributed by atoms with Crippen LogP contribution in [0.2, 0.25) is 0 Å². The van der Waals surface area contributed by atoms with Crippen LogP contribution in [0, 0.1) is 0 Å². The van der Waals surface area contributed by atoms with E-state index < -0.39 is 11.9 Å². The Balaban J connectivity index is -0.0000000457. The van der Waals surface area contributed by atoms with Crippen LogP contribution in [-0.4, -0.2) is 51.6 Å². The van der Waals surface area contributed by atoms with Crippen molar-refractivity contribution >= 4 is 11.9 Å². The number of hydrogen-bond donors (Lipinski definition) is 0. The van der Waals surface area contributed by atoms with Crippen LogP contribution < -0.4 is 0 Å². The lowest BCUT2D eigenvalue weighted by atomic mass is 10.4. The van der Waals surface area contributed by atoms with Crippen molar-refractivity contribution in [3.8, 4) is 0 Å². The molecule has 0 aliphatic rings. The summed E-state index contributed by atoms with van der Waals surface area (Å²) in [5.41, 5.74) is 0.718. The topological polar surface area (TPSA) is 71.1 Å². The molecule has 0 fully saturated rings. The largest absolute Gasteiger partial charge is 0.460 e. The fraction of sp³-hybridized carbons (Fsp3) is 0.250. The minimum absolute atomic E-state index is 0.182. The zero-order valence-electron chi connectivity index (χ0n) is 24.8. The summed E-state index contributed by atoms with van der Waals surface area (Å²) in [5.74, 6) is -0.853. The highest BCUT2D eigenvalue weighted by Gasteiger charge is 2.03. The maximum absolute atomic E-state index is 11.0. The van der Waals surface area contributed by atoms with E-state index in [1.165, 1.54) is 0 Å². The Morgan fingerprint density at radius 2 is 0.553 bits per heavy atom. The van der Waals surface area contributed by atoms with E-state index in [4.69, 9.17) is 18.9 Å². The third-order valence-corrected chi connectivity index (χ3v) is 1.99. The molecule has 0 aliphatic carbocycles. The predicted octanol–water partition coefficient (Wildman–Crippen LogP) is 8.48. The molecule has 0 heterocycles. The van der Waals surface area contributed by atoms with Crippen LogP contribution in [0.25, 0.3) is 0 Å². The highest BCUT2D eigenvalue weighted by atomic mass is 16.6. The Kier molecular flexibility index (Phi) is 176. The van der Waals surface area contributed by atoms with Gasteiger partial charge in [-0.3, -0.25) is 0 Å². The molecule has 0 radical (unpaired) electrons. The summed E-state index contributed by atoms with van der Waals surface area (Å²) in [5, 5.41) is 0. The SMILES string of the molecule is C=C.C=C.C=C.C=C.C=C.C=C.C=C.C=C.C=C.C=C(C)C(=O)OCCOCCOCCOC(=O)C(=C)C. The van der Waals surface area contributed by atoms with Gasteiger partial charge in [-0.2, -0.15) is 0 Å². The van der Waals surface area contributed by atoms with Gasteiger partial charge in [0.15, 0.2) is 0 Å². The highest BCUT2D eigenvalue weighted by molar-refractivity contribution is 5.87. The van der Waals surface area contributed by atoms with Crippen molar-refractivity contribution in [3.63, 3.8) is 0 Å². The molecule has 6 nitrogen and oxygen atoms in total. The fourth-order valence-corrected chi connectivity index (χ4v) is 0.955. The standard InChI is InChI=1S/C14H22O6.9C2H4/c1-11(2)13(15)19-9-7-17-5-6-18-8-10-20-14(16)12(3)4;9*1-2/h1,3,5-10H2,2,4H3;9*1-2H2.